The van der Waals surface area contributed by atoms with Gasteiger partial charge in [-0.2, -0.15) is 0 Å². The number of nitrogens with zero attached hydrogens (tertiary/aromatic N) is 2. The molecule has 2 heterocycles. The summed E-state index contributed by atoms with van der Waals surface area (Å²) in [7, 11) is 0. The van der Waals surface area contributed by atoms with Crippen LogP contribution in [-0.4, -0.2) is 21.8 Å². The lowest BCUT2D eigenvalue weighted by molar-refractivity contribution is 0.0639. The van der Waals surface area contributed by atoms with Gasteiger partial charge in [-0.05, 0) is 49.9 Å². The Bertz CT molecular complexity index is 659. The van der Waals surface area contributed by atoms with Crippen LogP contribution in [0.1, 0.15) is 60.2 Å². The van der Waals surface area contributed by atoms with Crippen molar-refractivity contribution in [3.63, 3.8) is 0 Å². The summed E-state index contributed by atoms with van der Waals surface area (Å²) in [4.78, 5) is 19.1. The van der Waals surface area contributed by atoms with Crippen molar-refractivity contribution in [3.05, 3.63) is 53.2 Å². The van der Waals surface area contributed by atoms with E-state index < -0.39 is 0 Å². The second-order valence-electron chi connectivity index (χ2n) is 5.98. The van der Waals surface area contributed by atoms with Crippen molar-refractivity contribution >= 4 is 5.91 Å². The predicted molar refractivity (Wildman–Crippen MR) is 84.7 cm³/mol. The highest BCUT2D eigenvalue weighted by Crippen LogP contribution is 2.35. The highest BCUT2D eigenvalue weighted by Gasteiger charge is 2.38. The molecular weight excluding hydrogens is 276 g/mol. The number of hydrogen-bond acceptors (Lipinski definition) is 3. The summed E-state index contributed by atoms with van der Waals surface area (Å²) in [5.74, 6) is 1.34. The van der Waals surface area contributed by atoms with E-state index in [-0.39, 0.29) is 11.9 Å². The number of aryl methyl sites for hydroxylation is 2. The molecule has 0 N–H and O–H groups in total. The Hall–Kier alpha value is -2.10. The molecule has 0 bridgehead atoms. The van der Waals surface area contributed by atoms with Gasteiger partial charge in [0, 0.05) is 24.9 Å². The van der Waals surface area contributed by atoms with Gasteiger partial charge in [0.05, 0.1) is 6.04 Å². The summed E-state index contributed by atoms with van der Waals surface area (Å²) in [6.45, 7) is 6.09. The SMILES string of the molecule is CCc1oc(C(=O)N(C2CC2)[C@H](C)c2cccnc2)cc1C. The predicted octanol–water partition coefficient (Wildman–Crippen LogP) is 3.91. The third-order valence-electron chi connectivity index (χ3n) is 4.31. The molecule has 1 aliphatic rings. The number of amides is 1. The summed E-state index contributed by atoms with van der Waals surface area (Å²) in [6.07, 6.45) is 6.52. The summed E-state index contributed by atoms with van der Waals surface area (Å²) >= 11 is 0. The molecule has 1 amide bonds. The van der Waals surface area contributed by atoms with Gasteiger partial charge >= 0.3 is 0 Å². The maximum absolute atomic E-state index is 12.9. The molecule has 4 heteroatoms. The van der Waals surface area contributed by atoms with E-state index in [4.69, 9.17) is 4.42 Å². The van der Waals surface area contributed by atoms with E-state index in [0.717, 1.165) is 36.1 Å². The second-order valence-corrected chi connectivity index (χ2v) is 5.98. The molecule has 22 heavy (non-hydrogen) atoms. The van der Waals surface area contributed by atoms with E-state index in [0.29, 0.717) is 11.8 Å². The van der Waals surface area contributed by atoms with Crippen LogP contribution in [0.3, 0.4) is 0 Å². The molecule has 3 rings (SSSR count). The van der Waals surface area contributed by atoms with E-state index >= 15 is 0 Å². The lowest BCUT2D eigenvalue weighted by atomic mass is 10.1. The number of hydrogen-bond donors (Lipinski definition) is 0. The Kier molecular flexibility index (Phi) is 4.01. The summed E-state index contributed by atoms with van der Waals surface area (Å²) < 4.78 is 5.76. The average Bonchev–Trinajstić information content (AvgIpc) is 3.29. The van der Waals surface area contributed by atoms with Crippen LogP contribution < -0.4 is 0 Å². The van der Waals surface area contributed by atoms with Crippen LogP contribution in [0.5, 0.6) is 0 Å². The third kappa shape index (κ3) is 2.78. The quantitative estimate of drug-likeness (QED) is 0.840. The zero-order valence-electron chi connectivity index (χ0n) is 13.4. The van der Waals surface area contributed by atoms with Crippen molar-refractivity contribution in [2.24, 2.45) is 0 Å². The lowest BCUT2D eigenvalue weighted by Crippen LogP contribution is -2.35. The van der Waals surface area contributed by atoms with Gasteiger partial charge in [-0.3, -0.25) is 9.78 Å². The maximum Gasteiger partial charge on any atom is 0.290 e. The molecule has 2 aromatic heterocycles. The number of furan rings is 1. The van der Waals surface area contributed by atoms with Gasteiger partial charge < -0.3 is 9.32 Å². The van der Waals surface area contributed by atoms with Gasteiger partial charge in [0.2, 0.25) is 0 Å². The first kappa shape index (κ1) is 14.8. The van der Waals surface area contributed by atoms with Crippen LogP contribution >= 0.6 is 0 Å². The number of aromatic nitrogens is 1. The molecule has 0 aromatic carbocycles. The van der Waals surface area contributed by atoms with Crippen LogP contribution in [0, 0.1) is 6.92 Å². The molecule has 0 spiro atoms. The fourth-order valence-corrected chi connectivity index (χ4v) is 2.90. The van der Waals surface area contributed by atoms with Crippen molar-refractivity contribution in [1.82, 2.24) is 9.88 Å². The van der Waals surface area contributed by atoms with Crippen molar-refractivity contribution in [1.29, 1.82) is 0 Å². The molecule has 0 radical (unpaired) electrons. The molecule has 1 atom stereocenters. The Morgan fingerprint density at radius 2 is 2.27 bits per heavy atom. The number of carbonyl (C=O) groups excluding carboxylic acids is 1. The summed E-state index contributed by atoms with van der Waals surface area (Å²) in [5, 5.41) is 0. The topological polar surface area (TPSA) is 46.3 Å². The smallest absolute Gasteiger partial charge is 0.290 e. The van der Waals surface area contributed by atoms with E-state index in [1.807, 2.05) is 43.1 Å². The van der Waals surface area contributed by atoms with Gasteiger partial charge in [-0.25, -0.2) is 0 Å². The van der Waals surface area contributed by atoms with Crippen LogP contribution in [0.25, 0.3) is 0 Å². The van der Waals surface area contributed by atoms with Gasteiger partial charge in [-0.1, -0.05) is 13.0 Å². The van der Waals surface area contributed by atoms with Crippen molar-refractivity contribution in [3.8, 4) is 0 Å². The number of carbonyl (C=O) groups is 1. The minimum Gasteiger partial charge on any atom is -0.456 e. The number of rotatable bonds is 5. The van der Waals surface area contributed by atoms with Crippen LogP contribution in [0.15, 0.2) is 35.0 Å². The first-order chi connectivity index (χ1) is 10.6. The van der Waals surface area contributed by atoms with Gasteiger partial charge in [0.15, 0.2) is 5.76 Å². The van der Waals surface area contributed by atoms with Crippen LogP contribution in [0.4, 0.5) is 0 Å². The largest absolute Gasteiger partial charge is 0.456 e. The van der Waals surface area contributed by atoms with Crippen LogP contribution in [0.2, 0.25) is 0 Å². The molecule has 4 nitrogen and oxygen atoms in total. The van der Waals surface area contributed by atoms with E-state index in [1.165, 1.54) is 0 Å². The molecule has 0 unspecified atom stereocenters. The Morgan fingerprint density at radius 1 is 1.50 bits per heavy atom. The molecule has 1 fully saturated rings. The standard InChI is InChI=1S/C18H22N2O2/c1-4-16-12(2)10-17(22-16)18(21)20(15-7-8-15)13(3)14-6-5-9-19-11-14/h5-6,9-11,13,15H,4,7-8H2,1-3H3/t13-/m1/s1. The minimum atomic E-state index is -0.0124. The van der Waals surface area contributed by atoms with Gasteiger partial charge in [0.1, 0.15) is 5.76 Å². The monoisotopic (exact) mass is 298 g/mol. The van der Waals surface area contributed by atoms with E-state index in [2.05, 4.69) is 11.9 Å². The second kappa shape index (κ2) is 5.95. The molecule has 0 aliphatic heterocycles. The minimum absolute atomic E-state index is 0.00387. The highest BCUT2D eigenvalue weighted by molar-refractivity contribution is 5.92. The lowest BCUT2D eigenvalue weighted by Gasteiger charge is -2.28. The zero-order valence-corrected chi connectivity index (χ0v) is 13.4. The summed E-state index contributed by atoms with van der Waals surface area (Å²) in [6, 6.07) is 6.12. The normalized spacial score (nSPS) is 15.6. The van der Waals surface area contributed by atoms with E-state index in [9.17, 15) is 4.79 Å². The average molecular weight is 298 g/mol. The Balaban J connectivity index is 1.89. The Labute approximate surface area is 131 Å². The maximum atomic E-state index is 12.9. The first-order valence-corrected chi connectivity index (χ1v) is 7.93. The fourth-order valence-electron chi connectivity index (χ4n) is 2.90. The molecule has 116 valence electrons. The van der Waals surface area contributed by atoms with Gasteiger partial charge in [0.25, 0.3) is 5.91 Å². The zero-order chi connectivity index (χ0) is 15.7. The van der Waals surface area contributed by atoms with Crippen molar-refractivity contribution < 1.29 is 9.21 Å². The molecule has 2 aromatic rings. The number of pyridine rings is 1. The van der Waals surface area contributed by atoms with Crippen molar-refractivity contribution in [2.75, 3.05) is 0 Å². The fraction of sp³-hybridized carbons (Fsp3) is 0.444. The molecular formula is C18H22N2O2. The van der Waals surface area contributed by atoms with Crippen molar-refractivity contribution in [2.45, 2.75) is 52.1 Å². The third-order valence-corrected chi connectivity index (χ3v) is 4.31. The van der Waals surface area contributed by atoms with E-state index in [1.54, 1.807) is 6.20 Å². The first-order valence-electron chi connectivity index (χ1n) is 7.93. The van der Waals surface area contributed by atoms with Gasteiger partial charge in [-0.15, -0.1) is 0 Å². The molecule has 1 saturated carbocycles. The Morgan fingerprint density at radius 3 is 2.82 bits per heavy atom. The molecule has 1 aliphatic carbocycles. The molecule has 0 saturated heterocycles. The summed E-state index contributed by atoms with van der Waals surface area (Å²) in [5.41, 5.74) is 2.11. The van der Waals surface area contributed by atoms with Crippen LogP contribution in [-0.2, 0) is 6.42 Å². The highest BCUT2D eigenvalue weighted by atomic mass is 16.4.